The Kier molecular flexibility index (Phi) is 6.05. The van der Waals surface area contributed by atoms with Gasteiger partial charge in [0, 0.05) is 6.61 Å². The van der Waals surface area contributed by atoms with Gasteiger partial charge in [-0.3, -0.25) is 0 Å². The fourth-order valence-electron chi connectivity index (χ4n) is 1.96. The lowest BCUT2D eigenvalue weighted by Crippen LogP contribution is -2.04. The number of benzene rings is 1. The topological polar surface area (TPSA) is 89.1 Å². The highest BCUT2D eigenvalue weighted by atomic mass is 16.5. The first-order valence-corrected chi connectivity index (χ1v) is 7.52. The van der Waals surface area contributed by atoms with E-state index in [0.717, 1.165) is 12.8 Å². The maximum absolute atomic E-state index is 11.8. The third-order valence-electron chi connectivity index (χ3n) is 3.15. The number of rotatable bonds is 8. The van der Waals surface area contributed by atoms with Gasteiger partial charge in [-0.2, -0.15) is 0 Å². The van der Waals surface area contributed by atoms with E-state index in [1.807, 2.05) is 6.92 Å². The van der Waals surface area contributed by atoms with Gasteiger partial charge in [0.15, 0.2) is 5.75 Å². The fourth-order valence-corrected chi connectivity index (χ4v) is 1.96. The van der Waals surface area contributed by atoms with Crippen LogP contribution < -0.4 is 15.1 Å². The Hall–Kier alpha value is -2.47. The zero-order valence-corrected chi connectivity index (χ0v) is 12.9. The Bertz CT molecular complexity index is 732. The van der Waals surface area contributed by atoms with Crippen molar-refractivity contribution < 1.29 is 24.1 Å². The minimum absolute atomic E-state index is 0.124. The van der Waals surface area contributed by atoms with Crippen LogP contribution in [0.4, 0.5) is 0 Å². The van der Waals surface area contributed by atoms with Gasteiger partial charge in [0.2, 0.25) is 0 Å². The summed E-state index contributed by atoms with van der Waals surface area (Å²) in [5.74, 6) is 0.00656. The average molecular weight is 320 g/mol. The van der Waals surface area contributed by atoms with E-state index in [1.165, 1.54) is 6.26 Å². The highest BCUT2D eigenvalue weighted by Gasteiger charge is 2.15. The highest BCUT2D eigenvalue weighted by Crippen LogP contribution is 2.33. The molecule has 0 radical (unpaired) electrons. The van der Waals surface area contributed by atoms with Crippen molar-refractivity contribution in [3.63, 3.8) is 0 Å². The number of fused-ring (bicyclic) bond motifs is 1. The molecule has 1 heterocycles. The van der Waals surface area contributed by atoms with E-state index < -0.39 is 5.63 Å². The summed E-state index contributed by atoms with van der Waals surface area (Å²) in [6, 6.07) is 4.80. The number of aliphatic hydroxyl groups is 1. The van der Waals surface area contributed by atoms with Crippen LogP contribution in [0.25, 0.3) is 11.0 Å². The second kappa shape index (κ2) is 8.24. The van der Waals surface area contributed by atoms with Gasteiger partial charge in [-0.15, -0.1) is 0 Å². The summed E-state index contributed by atoms with van der Waals surface area (Å²) in [5, 5.41) is 19.3. The summed E-state index contributed by atoms with van der Waals surface area (Å²) in [4.78, 5) is 11.8. The number of hydrogen-bond donors (Lipinski definition) is 2. The molecule has 6 nitrogen and oxygen atoms in total. The Labute approximate surface area is 133 Å². The van der Waals surface area contributed by atoms with Crippen molar-refractivity contribution in [2.24, 2.45) is 0 Å². The monoisotopic (exact) mass is 320 g/mol. The molecule has 0 bridgehead atoms. The van der Waals surface area contributed by atoms with Crippen LogP contribution in [0, 0.1) is 0 Å². The minimum atomic E-state index is -0.743. The molecule has 23 heavy (non-hydrogen) atoms. The van der Waals surface area contributed by atoms with Crippen LogP contribution in [0.2, 0.25) is 0 Å². The predicted molar refractivity (Wildman–Crippen MR) is 86.0 cm³/mol. The molecule has 0 atom stereocenters. The molecule has 124 valence electrons. The molecule has 0 saturated carbocycles. The first kappa shape index (κ1) is 16.9. The molecule has 2 N–H and O–H groups in total. The van der Waals surface area contributed by atoms with Crippen LogP contribution in [0.15, 0.2) is 39.7 Å². The van der Waals surface area contributed by atoms with Crippen LogP contribution in [0.5, 0.6) is 17.2 Å². The van der Waals surface area contributed by atoms with Crippen molar-refractivity contribution >= 4 is 11.0 Å². The number of hydrogen-bond acceptors (Lipinski definition) is 6. The molecule has 1 aromatic carbocycles. The zero-order valence-electron chi connectivity index (χ0n) is 12.9. The SMILES string of the molecule is CCC=COc1c(O)c2cc(OCCCCO)ccc2oc1=O. The molecule has 1 aromatic heterocycles. The van der Waals surface area contributed by atoms with Gasteiger partial charge in [0.1, 0.15) is 11.3 Å². The summed E-state index contributed by atoms with van der Waals surface area (Å²) in [5.41, 5.74) is -0.491. The van der Waals surface area contributed by atoms with Gasteiger partial charge in [0.25, 0.3) is 5.75 Å². The molecule has 6 heteroatoms. The lowest BCUT2D eigenvalue weighted by Gasteiger charge is -2.08. The van der Waals surface area contributed by atoms with Gasteiger partial charge in [0.05, 0.1) is 18.3 Å². The standard InChI is InChI=1S/C17H20O6/c1-2-3-9-22-16-15(19)13-11-12(21-10-5-4-8-18)6-7-14(13)23-17(16)20/h3,6-7,9,11,18-19H,2,4-5,8,10H2,1H3. The maximum Gasteiger partial charge on any atom is 0.383 e. The maximum atomic E-state index is 11.8. The van der Waals surface area contributed by atoms with E-state index in [9.17, 15) is 9.90 Å². The Balaban J connectivity index is 2.28. The summed E-state index contributed by atoms with van der Waals surface area (Å²) < 4.78 is 15.8. The van der Waals surface area contributed by atoms with E-state index >= 15 is 0 Å². The summed E-state index contributed by atoms with van der Waals surface area (Å²) in [6.07, 6.45) is 5.18. The van der Waals surface area contributed by atoms with Crippen LogP contribution in [0.3, 0.4) is 0 Å². The van der Waals surface area contributed by atoms with E-state index in [1.54, 1.807) is 24.3 Å². The summed E-state index contributed by atoms with van der Waals surface area (Å²) in [7, 11) is 0. The number of unbranched alkanes of at least 4 members (excludes halogenated alkanes) is 1. The molecule has 0 fully saturated rings. The van der Waals surface area contributed by atoms with Gasteiger partial charge in [-0.25, -0.2) is 4.79 Å². The first-order valence-electron chi connectivity index (χ1n) is 7.52. The molecular formula is C17H20O6. The van der Waals surface area contributed by atoms with Crippen LogP contribution in [-0.4, -0.2) is 23.4 Å². The molecule has 0 aliphatic heterocycles. The van der Waals surface area contributed by atoms with Crippen LogP contribution >= 0.6 is 0 Å². The molecule has 0 unspecified atom stereocenters. The fraction of sp³-hybridized carbons (Fsp3) is 0.353. The average Bonchev–Trinajstić information content (AvgIpc) is 2.55. The number of allylic oxidation sites excluding steroid dienone is 1. The van der Waals surface area contributed by atoms with Crippen molar-refractivity contribution in [2.45, 2.75) is 26.2 Å². The smallest absolute Gasteiger partial charge is 0.383 e. The third-order valence-corrected chi connectivity index (χ3v) is 3.15. The molecule has 2 rings (SSSR count). The normalized spacial score (nSPS) is 11.2. The van der Waals surface area contributed by atoms with E-state index in [4.69, 9.17) is 19.0 Å². The number of ether oxygens (including phenoxy) is 2. The molecular weight excluding hydrogens is 300 g/mol. The molecule has 0 spiro atoms. The summed E-state index contributed by atoms with van der Waals surface area (Å²) >= 11 is 0. The lowest BCUT2D eigenvalue weighted by atomic mass is 10.2. The van der Waals surface area contributed by atoms with Gasteiger partial charge < -0.3 is 24.1 Å². The van der Waals surface area contributed by atoms with Gasteiger partial charge >= 0.3 is 5.63 Å². The van der Waals surface area contributed by atoms with Crippen LogP contribution in [0.1, 0.15) is 26.2 Å². The molecule has 0 saturated heterocycles. The van der Waals surface area contributed by atoms with Crippen molar-refractivity contribution in [1.82, 2.24) is 0 Å². The largest absolute Gasteiger partial charge is 0.504 e. The van der Waals surface area contributed by atoms with E-state index in [0.29, 0.717) is 24.2 Å². The summed E-state index contributed by atoms with van der Waals surface area (Å²) in [6.45, 7) is 2.49. The van der Waals surface area contributed by atoms with E-state index in [-0.39, 0.29) is 23.7 Å². The Morgan fingerprint density at radius 3 is 2.87 bits per heavy atom. The minimum Gasteiger partial charge on any atom is -0.504 e. The second-order valence-corrected chi connectivity index (χ2v) is 4.90. The number of aliphatic hydroxyl groups excluding tert-OH is 1. The zero-order chi connectivity index (χ0) is 16.7. The number of aromatic hydroxyl groups is 1. The lowest BCUT2D eigenvalue weighted by molar-refractivity contribution is 0.253. The van der Waals surface area contributed by atoms with Crippen LogP contribution in [-0.2, 0) is 0 Å². The molecule has 2 aromatic rings. The van der Waals surface area contributed by atoms with Gasteiger partial charge in [-0.1, -0.05) is 6.92 Å². The Morgan fingerprint density at radius 2 is 2.13 bits per heavy atom. The first-order chi connectivity index (χ1) is 11.2. The molecule has 0 aliphatic carbocycles. The van der Waals surface area contributed by atoms with Crippen molar-refractivity contribution in [1.29, 1.82) is 0 Å². The quantitative estimate of drug-likeness (QED) is 0.441. The van der Waals surface area contributed by atoms with E-state index in [2.05, 4.69) is 0 Å². The molecule has 0 aliphatic rings. The second-order valence-electron chi connectivity index (χ2n) is 4.90. The third kappa shape index (κ3) is 4.26. The van der Waals surface area contributed by atoms with Gasteiger partial charge in [-0.05, 0) is 43.5 Å². The van der Waals surface area contributed by atoms with Crippen molar-refractivity contribution in [2.75, 3.05) is 13.2 Å². The van der Waals surface area contributed by atoms with Crippen molar-refractivity contribution in [3.05, 3.63) is 41.0 Å². The highest BCUT2D eigenvalue weighted by molar-refractivity contribution is 5.86. The van der Waals surface area contributed by atoms with Crippen molar-refractivity contribution in [3.8, 4) is 17.2 Å². The Morgan fingerprint density at radius 1 is 1.30 bits per heavy atom. The predicted octanol–water partition coefficient (Wildman–Crippen LogP) is 2.95. The molecule has 0 amide bonds.